The molecule has 1 aromatic heterocycles. The van der Waals surface area contributed by atoms with Crippen molar-refractivity contribution in [3.63, 3.8) is 0 Å². The monoisotopic (exact) mass is 417 g/mol. The Kier molecular flexibility index (Phi) is 5.98. The quantitative estimate of drug-likeness (QED) is 0.652. The molecule has 2 aromatic carbocycles. The van der Waals surface area contributed by atoms with Crippen LogP contribution in [0.15, 0.2) is 59.6 Å². The molecule has 3 rings (SSSR count). The number of nitrogens with zero attached hydrogens (tertiary/aromatic N) is 2. The molecule has 0 spiro atoms. The van der Waals surface area contributed by atoms with Crippen LogP contribution < -0.4 is 5.32 Å². The third kappa shape index (κ3) is 3.87. The molecule has 8 heteroatoms. The molecule has 1 amide bonds. The number of anilines is 1. The Labute approximate surface area is 169 Å². The second-order valence-corrected chi connectivity index (χ2v) is 8.41. The number of carbonyl (C=O) groups excluding carboxylic acids is 1. The van der Waals surface area contributed by atoms with E-state index >= 15 is 0 Å². The Morgan fingerprint density at radius 1 is 1.07 bits per heavy atom. The molecule has 0 aliphatic carbocycles. The highest BCUT2D eigenvalue weighted by Gasteiger charge is 2.21. The maximum absolute atomic E-state index is 12.6. The van der Waals surface area contributed by atoms with Gasteiger partial charge in [-0.3, -0.25) is 9.78 Å². The van der Waals surface area contributed by atoms with Gasteiger partial charge in [-0.25, -0.2) is 8.42 Å². The molecule has 0 saturated heterocycles. The second kappa shape index (κ2) is 8.26. The molecule has 0 aliphatic rings. The number of hydrogen-bond acceptors (Lipinski definition) is 4. The molecule has 28 heavy (non-hydrogen) atoms. The minimum atomic E-state index is -3.56. The van der Waals surface area contributed by atoms with Crippen molar-refractivity contribution in [1.29, 1.82) is 0 Å². The molecule has 1 heterocycles. The number of para-hydroxylation sites is 1. The van der Waals surface area contributed by atoms with Gasteiger partial charge < -0.3 is 5.32 Å². The summed E-state index contributed by atoms with van der Waals surface area (Å²) in [5.41, 5.74) is 1.53. The highest BCUT2D eigenvalue weighted by atomic mass is 35.5. The van der Waals surface area contributed by atoms with Gasteiger partial charge in [0.05, 0.1) is 21.1 Å². The van der Waals surface area contributed by atoms with E-state index in [-0.39, 0.29) is 10.8 Å². The normalized spacial score (nSPS) is 11.7. The molecule has 0 bridgehead atoms. The summed E-state index contributed by atoms with van der Waals surface area (Å²) in [5.74, 6) is -0.348. The van der Waals surface area contributed by atoms with Gasteiger partial charge in [-0.1, -0.05) is 37.6 Å². The Hall–Kier alpha value is -2.48. The smallest absolute Gasteiger partial charge is 0.255 e. The fourth-order valence-electron chi connectivity index (χ4n) is 2.93. The summed E-state index contributed by atoms with van der Waals surface area (Å²) in [6, 6.07) is 12.9. The predicted molar refractivity (Wildman–Crippen MR) is 111 cm³/mol. The highest BCUT2D eigenvalue weighted by Crippen LogP contribution is 2.27. The van der Waals surface area contributed by atoms with Crippen molar-refractivity contribution in [3.8, 4) is 0 Å². The van der Waals surface area contributed by atoms with Crippen LogP contribution >= 0.6 is 11.6 Å². The fraction of sp³-hybridized carbons (Fsp3) is 0.200. The standard InChI is InChI=1S/C20H20ClN3O3S/c1-3-24(4-2)28(26,27)15-10-8-14(9-11-15)20(25)23-18-12-13-22-19-16(18)6-5-7-17(19)21/h5-13H,3-4H2,1-2H3,(H,22,23,25). The van der Waals surface area contributed by atoms with Crippen LogP contribution in [-0.4, -0.2) is 36.7 Å². The number of fused-ring (bicyclic) bond motifs is 1. The van der Waals surface area contributed by atoms with Gasteiger partial charge in [-0.05, 0) is 36.4 Å². The number of carbonyl (C=O) groups is 1. The summed E-state index contributed by atoms with van der Waals surface area (Å²) in [4.78, 5) is 17.0. The number of rotatable bonds is 6. The van der Waals surface area contributed by atoms with Crippen molar-refractivity contribution in [2.24, 2.45) is 0 Å². The summed E-state index contributed by atoms with van der Waals surface area (Å²) >= 11 is 6.16. The van der Waals surface area contributed by atoms with Crippen molar-refractivity contribution in [3.05, 3.63) is 65.3 Å². The maximum atomic E-state index is 12.6. The second-order valence-electron chi connectivity index (χ2n) is 6.06. The molecule has 3 aromatic rings. The lowest BCUT2D eigenvalue weighted by Gasteiger charge is -2.18. The summed E-state index contributed by atoms with van der Waals surface area (Å²) in [6.07, 6.45) is 1.57. The third-order valence-corrected chi connectivity index (χ3v) is 6.80. The van der Waals surface area contributed by atoms with E-state index in [0.717, 1.165) is 5.39 Å². The number of halogens is 1. The molecule has 0 fully saturated rings. The van der Waals surface area contributed by atoms with E-state index in [1.807, 2.05) is 6.07 Å². The molecule has 6 nitrogen and oxygen atoms in total. The molecule has 0 saturated carbocycles. The molecule has 0 aliphatic heterocycles. The van der Waals surface area contributed by atoms with Gasteiger partial charge >= 0.3 is 0 Å². The van der Waals surface area contributed by atoms with Gasteiger partial charge in [0.1, 0.15) is 0 Å². The van der Waals surface area contributed by atoms with E-state index in [9.17, 15) is 13.2 Å². The Morgan fingerprint density at radius 2 is 1.75 bits per heavy atom. The average molecular weight is 418 g/mol. The van der Waals surface area contributed by atoms with Gasteiger partial charge in [0.25, 0.3) is 5.91 Å². The van der Waals surface area contributed by atoms with Gasteiger partial charge in [0.15, 0.2) is 0 Å². The Balaban J connectivity index is 1.86. The first-order chi connectivity index (χ1) is 13.4. The lowest BCUT2D eigenvalue weighted by molar-refractivity contribution is 0.102. The first-order valence-electron chi connectivity index (χ1n) is 8.83. The SMILES string of the molecule is CCN(CC)S(=O)(=O)c1ccc(C(=O)Nc2ccnc3c(Cl)cccc23)cc1. The van der Waals surface area contributed by atoms with Crippen LogP contribution in [0.4, 0.5) is 5.69 Å². The number of aromatic nitrogens is 1. The number of pyridine rings is 1. The summed E-state index contributed by atoms with van der Waals surface area (Å²) in [6.45, 7) is 4.35. The Bertz CT molecular complexity index is 1110. The number of amides is 1. The van der Waals surface area contributed by atoms with E-state index < -0.39 is 10.0 Å². The first-order valence-corrected chi connectivity index (χ1v) is 10.6. The summed E-state index contributed by atoms with van der Waals surface area (Å²) in [7, 11) is -3.56. The van der Waals surface area contributed by atoms with Crippen LogP contribution in [0.2, 0.25) is 5.02 Å². The van der Waals surface area contributed by atoms with E-state index in [0.29, 0.717) is 34.9 Å². The lowest BCUT2D eigenvalue weighted by Crippen LogP contribution is -2.30. The fourth-order valence-corrected chi connectivity index (χ4v) is 4.62. The van der Waals surface area contributed by atoms with Crippen LogP contribution in [0.1, 0.15) is 24.2 Å². The van der Waals surface area contributed by atoms with Crippen molar-refractivity contribution in [1.82, 2.24) is 9.29 Å². The van der Waals surface area contributed by atoms with Gasteiger partial charge in [0, 0.05) is 30.2 Å². The van der Waals surface area contributed by atoms with Crippen LogP contribution in [0.25, 0.3) is 10.9 Å². The molecule has 0 radical (unpaired) electrons. The van der Waals surface area contributed by atoms with Crippen LogP contribution in [0.3, 0.4) is 0 Å². The molecule has 0 atom stereocenters. The number of hydrogen-bond donors (Lipinski definition) is 1. The predicted octanol–water partition coefficient (Wildman–Crippen LogP) is 4.17. The number of nitrogens with one attached hydrogen (secondary N) is 1. The van der Waals surface area contributed by atoms with Crippen LogP contribution in [-0.2, 0) is 10.0 Å². The molecule has 0 unspecified atom stereocenters. The molecular weight excluding hydrogens is 398 g/mol. The van der Waals surface area contributed by atoms with E-state index in [4.69, 9.17) is 11.6 Å². The van der Waals surface area contributed by atoms with Crippen molar-refractivity contribution < 1.29 is 13.2 Å². The van der Waals surface area contributed by atoms with Gasteiger partial charge in [-0.2, -0.15) is 4.31 Å². The zero-order valence-corrected chi connectivity index (χ0v) is 17.1. The van der Waals surface area contributed by atoms with Crippen molar-refractivity contribution >= 4 is 44.1 Å². The van der Waals surface area contributed by atoms with Gasteiger partial charge in [0.2, 0.25) is 10.0 Å². The highest BCUT2D eigenvalue weighted by molar-refractivity contribution is 7.89. The molecule has 146 valence electrons. The Morgan fingerprint density at radius 3 is 2.39 bits per heavy atom. The van der Waals surface area contributed by atoms with Crippen molar-refractivity contribution in [2.75, 3.05) is 18.4 Å². The lowest BCUT2D eigenvalue weighted by atomic mass is 10.1. The summed E-state index contributed by atoms with van der Waals surface area (Å²) < 4.78 is 26.5. The number of sulfonamides is 1. The molecule has 1 N–H and O–H groups in total. The maximum Gasteiger partial charge on any atom is 0.255 e. The minimum absolute atomic E-state index is 0.161. The minimum Gasteiger partial charge on any atom is -0.321 e. The summed E-state index contributed by atoms with van der Waals surface area (Å²) in [5, 5.41) is 4.06. The zero-order valence-electron chi connectivity index (χ0n) is 15.5. The van der Waals surface area contributed by atoms with Crippen LogP contribution in [0.5, 0.6) is 0 Å². The van der Waals surface area contributed by atoms with Crippen molar-refractivity contribution in [2.45, 2.75) is 18.7 Å². The average Bonchev–Trinajstić information content (AvgIpc) is 2.69. The van der Waals surface area contributed by atoms with E-state index in [1.54, 1.807) is 38.2 Å². The number of benzene rings is 2. The van der Waals surface area contributed by atoms with Gasteiger partial charge in [-0.15, -0.1) is 0 Å². The first kappa shape index (κ1) is 20.3. The zero-order chi connectivity index (χ0) is 20.3. The van der Waals surface area contributed by atoms with E-state index in [1.165, 1.54) is 28.6 Å². The molecular formula is C20H20ClN3O3S. The largest absolute Gasteiger partial charge is 0.321 e. The third-order valence-electron chi connectivity index (χ3n) is 4.43. The van der Waals surface area contributed by atoms with Crippen LogP contribution in [0, 0.1) is 0 Å². The van der Waals surface area contributed by atoms with E-state index in [2.05, 4.69) is 10.3 Å². The topological polar surface area (TPSA) is 79.4 Å².